The molecule has 29 heavy (non-hydrogen) atoms. The molecule has 0 amide bonds. The number of sulfone groups is 1. The minimum Gasteiger partial charge on any atom is -0.386 e. The number of hydrogen-bond acceptors (Lipinski definition) is 5. The van der Waals surface area contributed by atoms with Crippen molar-refractivity contribution in [1.82, 2.24) is 9.97 Å². The summed E-state index contributed by atoms with van der Waals surface area (Å²) in [4.78, 5) is 8.19. The van der Waals surface area contributed by atoms with Gasteiger partial charge in [-0.1, -0.05) is 18.2 Å². The molecule has 1 fully saturated rings. The number of methoxy groups -OCH3 is 1. The van der Waals surface area contributed by atoms with Crippen molar-refractivity contribution in [3.05, 3.63) is 71.5 Å². The Labute approximate surface area is 170 Å². The SMILES string of the molecule is COCC(O)c1ccc(-c2ccc(Cc3ccc(S(=O)(=O)C4CC4)cc3)[nH]2)nc1. The first kappa shape index (κ1) is 19.8. The molecule has 1 aromatic carbocycles. The van der Waals surface area contributed by atoms with Crippen molar-refractivity contribution in [3.8, 4) is 11.4 Å². The lowest BCUT2D eigenvalue weighted by atomic mass is 10.1. The predicted molar refractivity (Wildman–Crippen MR) is 110 cm³/mol. The van der Waals surface area contributed by atoms with Gasteiger partial charge in [0.05, 0.1) is 28.1 Å². The molecule has 152 valence electrons. The van der Waals surface area contributed by atoms with Crippen LogP contribution in [0.3, 0.4) is 0 Å². The van der Waals surface area contributed by atoms with Gasteiger partial charge in [-0.05, 0) is 48.7 Å². The maximum atomic E-state index is 12.3. The summed E-state index contributed by atoms with van der Waals surface area (Å²) >= 11 is 0. The van der Waals surface area contributed by atoms with E-state index in [1.54, 1.807) is 25.4 Å². The minimum absolute atomic E-state index is 0.186. The lowest BCUT2D eigenvalue weighted by molar-refractivity contribution is 0.0642. The molecule has 1 atom stereocenters. The highest BCUT2D eigenvalue weighted by Gasteiger charge is 2.36. The maximum Gasteiger partial charge on any atom is 0.181 e. The molecule has 7 heteroatoms. The molecule has 1 aliphatic carbocycles. The van der Waals surface area contributed by atoms with Gasteiger partial charge in [0, 0.05) is 31.0 Å². The Balaban J connectivity index is 1.44. The van der Waals surface area contributed by atoms with E-state index in [1.165, 1.54) is 0 Å². The van der Waals surface area contributed by atoms with Gasteiger partial charge >= 0.3 is 0 Å². The van der Waals surface area contributed by atoms with E-state index in [0.29, 0.717) is 16.9 Å². The highest BCUT2D eigenvalue weighted by molar-refractivity contribution is 7.92. The van der Waals surface area contributed by atoms with Crippen LogP contribution in [0, 0.1) is 0 Å². The number of ether oxygens (including phenoxy) is 1. The van der Waals surface area contributed by atoms with E-state index < -0.39 is 15.9 Å². The van der Waals surface area contributed by atoms with E-state index in [9.17, 15) is 13.5 Å². The van der Waals surface area contributed by atoms with Crippen LogP contribution in [0.5, 0.6) is 0 Å². The number of nitrogens with one attached hydrogen (secondary N) is 1. The smallest absolute Gasteiger partial charge is 0.181 e. The fraction of sp³-hybridized carbons (Fsp3) is 0.318. The minimum atomic E-state index is -3.14. The molecule has 0 radical (unpaired) electrons. The van der Waals surface area contributed by atoms with Crippen molar-refractivity contribution >= 4 is 9.84 Å². The van der Waals surface area contributed by atoms with E-state index in [-0.39, 0.29) is 11.9 Å². The zero-order chi connectivity index (χ0) is 20.4. The second-order valence-electron chi connectivity index (χ2n) is 7.41. The van der Waals surface area contributed by atoms with Gasteiger partial charge in [-0.2, -0.15) is 0 Å². The van der Waals surface area contributed by atoms with Gasteiger partial charge in [0.15, 0.2) is 9.84 Å². The van der Waals surface area contributed by atoms with Gasteiger partial charge in [-0.3, -0.25) is 4.98 Å². The number of aromatic nitrogens is 2. The summed E-state index contributed by atoms with van der Waals surface area (Å²) in [7, 11) is -1.60. The van der Waals surface area contributed by atoms with Crippen molar-refractivity contribution in [3.63, 3.8) is 0 Å². The largest absolute Gasteiger partial charge is 0.386 e. The van der Waals surface area contributed by atoms with Crippen LogP contribution in [-0.4, -0.2) is 42.5 Å². The molecule has 4 rings (SSSR count). The summed E-state index contributed by atoms with van der Waals surface area (Å²) in [5.41, 5.74) is 4.45. The fourth-order valence-corrected chi connectivity index (χ4v) is 4.95. The monoisotopic (exact) mass is 412 g/mol. The number of hydrogen-bond donors (Lipinski definition) is 2. The molecule has 1 saturated carbocycles. The molecule has 2 N–H and O–H groups in total. The van der Waals surface area contributed by atoms with E-state index in [4.69, 9.17) is 4.74 Å². The predicted octanol–water partition coefficient (Wildman–Crippen LogP) is 3.28. The Morgan fingerprint density at radius 3 is 2.52 bits per heavy atom. The first-order chi connectivity index (χ1) is 14.0. The number of pyridine rings is 1. The maximum absolute atomic E-state index is 12.3. The molecule has 0 spiro atoms. The van der Waals surface area contributed by atoms with E-state index in [2.05, 4.69) is 9.97 Å². The third-order valence-corrected chi connectivity index (χ3v) is 7.41. The summed E-state index contributed by atoms with van der Waals surface area (Å²) in [6, 6.07) is 14.8. The lowest BCUT2D eigenvalue weighted by Gasteiger charge is -2.09. The Kier molecular flexibility index (Phi) is 5.54. The third-order valence-electron chi connectivity index (χ3n) is 5.13. The topological polar surface area (TPSA) is 92.3 Å². The van der Waals surface area contributed by atoms with Crippen LogP contribution in [0.2, 0.25) is 0 Å². The zero-order valence-corrected chi connectivity index (χ0v) is 17.0. The number of aliphatic hydroxyl groups excluding tert-OH is 1. The molecular weight excluding hydrogens is 388 g/mol. The summed E-state index contributed by atoms with van der Waals surface area (Å²) in [5.74, 6) is 0. The molecular formula is C22H24N2O4S. The van der Waals surface area contributed by atoms with Crippen LogP contribution in [0.15, 0.2) is 59.6 Å². The Morgan fingerprint density at radius 2 is 1.90 bits per heavy atom. The normalized spacial score (nSPS) is 15.4. The van der Waals surface area contributed by atoms with Crippen molar-refractivity contribution in [1.29, 1.82) is 0 Å². The summed E-state index contributed by atoms with van der Waals surface area (Å²) in [5, 5.41) is 9.76. The van der Waals surface area contributed by atoms with E-state index >= 15 is 0 Å². The Morgan fingerprint density at radius 1 is 1.14 bits per heavy atom. The zero-order valence-electron chi connectivity index (χ0n) is 16.2. The van der Waals surface area contributed by atoms with E-state index in [1.807, 2.05) is 36.4 Å². The number of aromatic amines is 1. The standard InChI is InChI=1S/C22H24N2O4S/c1-28-14-22(25)16-4-10-20(23-13-16)21-11-5-17(24-21)12-15-2-6-18(7-3-15)29(26,27)19-8-9-19/h2-7,10-11,13,19,22,24-25H,8-9,12,14H2,1H3. The summed E-state index contributed by atoms with van der Waals surface area (Å²) in [6.45, 7) is 0.231. The highest BCUT2D eigenvalue weighted by Crippen LogP contribution is 2.33. The first-order valence-electron chi connectivity index (χ1n) is 9.61. The van der Waals surface area contributed by atoms with Crippen molar-refractivity contribution in [2.75, 3.05) is 13.7 Å². The van der Waals surface area contributed by atoms with Crippen LogP contribution < -0.4 is 0 Å². The van der Waals surface area contributed by atoms with Gasteiger partial charge in [0.25, 0.3) is 0 Å². The molecule has 0 saturated heterocycles. The number of aliphatic hydroxyl groups is 1. The molecule has 3 aromatic rings. The van der Waals surface area contributed by atoms with Crippen LogP contribution in [0.1, 0.15) is 35.8 Å². The van der Waals surface area contributed by atoms with Crippen molar-refractivity contribution in [2.24, 2.45) is 0 Å². The van der Waals surface area contributed by atoms with E-state index in [0.717, 1.165) is 35.5 Å². The second kappa shape index (κ2) is 8.10. The van der Waals surface area contributed by atoms with Crippen LogP contribution in [0.25, 0.3) is 11.4 Å². The molecule has 1 aliphatic rings. The van der Waals surface area contributed by atoms with Gasteiger partial charge in [-0.15, -0.1) is 0 Å². The van der Waals surface area contributed by atoms with Gasteiger partial charge < -0.3 is 14.8 Å². The summed E-state index contributed by atoms with van der Waals surface area (Å²) in [6.07, 6.45) is 3.19. The quantitative estimate of drug-likeness (QED) is 0.592. The van der Waals surface area contributed by atoms with Gasteiger partial charge in [0.2, 0.25) is 0 Å². The number of nitrogens with zero attached hydrogens (tertiary/aromatic N) is 1. The molecule has 2 aromatic heterocycles. The average molecular weight is 413 g/mol. The van der Waals surface area contributed by atoms with Crippen LogP contribution >= 0.6 is 0 Å². The number of benzene rings is 1. The van der Waals surface area contributed by atoms with Gasteiger partial charge in [0.1, 0.15) is 6.10 Å². The van der Waals surface area contributed by atoms with Crippen LogP contribution in [0.4, 0.5) is 0 Å². The van der Waals surface area contributed by atoms with Gasteiger partial charge in [-0.25, -0.2) is 8.42 Å². The Bertz CT molecular complexity index is 1070. The molecule has 1 unspecified atom stereocenters. The Hall–Kier alpha value is -2.48. The number of H-pyrrole nitrogens is 1. The van der Waals surface area contributed by atoms with Crippen molar-refractivity contribution < 1.29 is 18.3 Å². The number of rotatable bonds is 8. The molecule has 2 heterocycles. The third kappa shape index (κ3) is 4.42. The molecule has 0 bridgehead atoms. The second-order valence-corrected chi connectivity index (χ2v) is 9.64. The molecule has 0 aliphatic heterocycles. The average Bonchev–Trinajstić information content (AvgIpc) is 3.49. The summed E-state index contributed by atoms with van der Waals surface area (Å²) < 4.78 is 29.5. The van der Waals surface area contributed by atoms with Crippen LogP contribution in [-0.2, 0) is 21.0 Å². The first-order valence-corrected chi connectivity index (χ1v) is 11.2. The molecule has 6 nitrogen and oxygen atoms in total. The lowest BCUT2D eigenvalue weighted by Crippen LogP contribution is -2.06. The fourth-order valence-electron chi connectivity index (χ4n) is 3.30. The van der Waals surface area contributed by atoms with Crippen molar-refractivity contribution in [2.45, 2.75) is 35.5 Å². The highest BCUT2D eigenvalue weighted by atomic mass is 32.2.